The molecule has 0 N–H and O–H groups in total. The topological polar surface area (TPSA) is 26.3 Å². The maximum atomic E-state index is 10.8. The molecule has 78 valence electrons. The summed E-state index contributed by atoms with van der Waals surface area (Å²) < 4.78 is 5.05. The number of hydrogen-bond donors (Lipinski definition) is 0. The third-order valence-corrected chi connectivity index (χ3v) is 2.17. The Balaban J connectivity index is 2.08. The van der Waals surface area contributed by atoms with Gasteiger partial charge in [0.1, 0.15) is 6.10 Å². The molecule has 0 amide bonds. The molecule has 1 fully saturated rings. The summed E-state index contributed by atoms with van der Waals surface area (Å²) in [4.78, 5) is 10.8. The smallest absolute Gasteiger partial charge is 0.306 e. The molecular formula is C12H18O2. The van der Waals surface area contributed by atoms with E-state index in [2.05, 4.69) is 25.2 Å². The molecule has 0 aliphatic carbocycles. The minimum absolute atomic E-state index is 0.0395. The lowest BCUT2D eigenvalue weighted by molar-refractivity contribution is -0.139. The third-order valence-electron chi connectivity index (χ3n) is 2.17. The van der Waals surface area contributed by atoms with E-state index < -0.39 is 0 Å². The van der Waals surface area contributed by atoms with Crippen molar-refractivity contribution in [2.45, 2.75) is 45.1 Å². The molecule has 1 aliphatic rings. The highest BCUT2D eigenvalue weighted by atomic mass is 16.5. The summed E-state index contributed by atoms with van der Waals surface area (Å²) >= 11 is 0. The first-order valence-electron chi connectivity index (χ1n) is 5.34. The van der Waals surface area contributed by atoms with E-state index >= 15 is 0 Å². The van der Waals surface area contributed by atoms with Crippen molar-refractivity contribution in [1.29, 1.82) is 0 Å². The van der Waals surface area contributed by atoms with Crippen LogP contribution in [0.1, 0.15) is 39.0 Å². The highest BCUT2D eigenvalue weighted by molar-refractivity contribution is 5.71. The number of ether oxygens (including phenoxy) is 1. The number of unbranched alkanes of at least 4 members (excludes halogenated alkanes) is 1. The van der Waals surface area contributed by atoms with Gasteiger partial charge in [-0.3, -0.25) is 4.79 Å². The first-order chi connectivity index (χ1) is 6.83. The van der Waals surface area contributed by atoms with Crippen LogP contribution in [0.3, 0.4) is 0 Å². The van der Waals surface area contributed by atoms with E-state index in [1.165, 1.54) is 0 Å². The molecule has 0 radical (unpaired) electrons. The molecule has 0 aromatic carbocycles. The van der Waals surface area contributed by atoms with Crippen LogP contribution >= 0.6 is 0 Å². The maximum Gasteiger partial charge on any atom is 0.306 e. The number of cyclic esters (lactones) is 1. The van der Waals surface area contributed by atoms with E-state index in [4.69, 9.17) is 4.74 Å². The molecule has 2 nitrogen and oxygen atoms in total. The van der Waals surface area contributed by atoms with Crippen LogP contribution in [-0.4, -0.2) is 12.1 Å². The summed E-state index contributed by atoms with van der Waals surface area (Å²) in [6, 6.07) is 0. The van der Waals surface area contributed by atoms with Crippen LogP contribution in [0.5, 0.6) is 0 Å². The minimum atomic E-state index is -0.0643. The van der Waals surface area contributed by atoms with Crippen molar-refractivity contribution in [3.63, 3.8) is 0 Å². The van der Waals surface area contributed by atoms with Crippen LogP contribution in [0.2, 0.25) is 0 Å². The quantitative estimate of drug-likeness (QED) is 0.382. The average molecular weight is 194 g/mol. The molecule has 1 atom stereocenters. The Bertz CT molecular complexity index is 228. The maximum absolute atomic E-state index is 10.8. The highest BCUT2D eigenvalue weighted by Crippen LogP contribution is 2.14. The van der Waals surface area contributed by atoms with Crippen LogP contribution in [0.4, 0.5) is 0 Å². The molecule has 0 aromatic heterocycles. The van der Waals surface area contributed by atoms with Crippen molar-refractivity contribution in [3.05, 3.63) is 24.3 Å². The second kappa shape index (κ2) is 6.41. The number of carbonyl (C=O) groups is 1. The fourth-order valence-corrected chi connectivity index (χ4v) is 1.41. The van der Waals surface area contributed by atoms with E-state index in [9.17, 15) is 4.79 Å². The molecule has 0 saturated carbocycles. The number of hydrogen-bond acceptors (Lipinski definition) is 2. The van der Waals surface area contributed by atoms with Gasteiger partial charge in [0.15, 0.2) is 0 Å². The third kappa shape index (κ3) is 4.26. The van der Waals surface area contributed by atoms with Gasteiger partial charge < -0.3 is 4.74 Å². The Labute approximate surface area is 85.6 Å². The van der Waals surface area contributed by atoms with E-state index in [0.717, 1.165) is 25.7 Å². The first kappa shape index (κ1) is 11.0. The zero-order chi connectivity index (χ0) is 10.2. The van der Waals surface area contributed by atoms with Gasteiger partial charge in [0.2, 0.25) is 0 Å². The molecule has 1 aliphatic heterocycles. The molecule has 0 aromatic rings. The fraction of sp³-hybridized carbons (Fsp3) is 0.583. The zero-order valence-electron chi connectivity index (χ0n) is 8.74. The van der Waals surface area contributed by atoms with Crippen LogP contribution in [0.25, 0.3) is 0 Å². The van der Waals surface area contributed by atoms with E-state index in [-0.39, 0.29) is 12.1 Å². The normalized spacial score (nSPS) is 22.4. The Morgan fingerprint density at radius 3 is 2.79 bits per heavy atom. The summed E-state index contributed by atoms with van der Waals surface area (Å²) in [5.74, 6) is -0.0643. The SMILES string of the molecule is CC/C=C/CCC=CC1CCC(=O)O1. The van der Waals surface area contributed by atoms with Gasteiger partial charge in [0.25, 0.3) is 0 Å². The summed E-state index contributed by atoms with van der Waals surface area (Å²) in [5, 5.41) is 0. The standard InChI is InChI=1S/C12H18O2/c1-2-3-4-5-6-7-8-11-9-10-12(13)14-11/h3-4,7-8,11H,2,5-6,9-10H2,1H3/b4-3+,8-7?. The van der Waals surface area contributed by atoms with Gasteiger partial charge in [-0.25, -0.2) is 0 Å². The molecule has 1 unspecified atom stereocenters. The summed E-state index contributed by atoms with van der Waals surface area (Å²) in [5.41, 5.74) is 0. The predicted octanol–water partition coefficient (Wildman–Crippen LogP) is 2.99. The molecule has 2 heteroatoms. The van der Waals surface area contributed by atoms with Gasteiger partial charge in [0, 0.05) is 6.42 Å². The molecule has 1 heterocycles. The Morgan fingerprint density at radius 2 is 2.14 bits per heavy atom. The van der Waals surface area contributed by atoms with Gasteiger partial charge in [-0.2, -0.15) is 0 Å². The Kier molecular flexibility index (Phi) is 5.05. The zero-order valence-corrected chi connectivity index (χ0v) is 8.74. The van der Waals surface area contributed by atoms with Gasteiger partial charge in [-0.1, -0.05) is 25.2 Å². The van der Waals surface area contributed by atoms with E-state index in [0.29, 0.717) is 6.42 Å². The summed E-state index contributed by atoms with van der Waals surface area (Å²) in [7, 11) is 0. The Morgan fingerprint density at radius 1 is 1.36 bits per heavy atom. The summed E-state index contributed by atoms with van der Waals surface area (Å²) in [6.07, 6.45) is 13.1. The second-order valence-corrected chi connectivity index (χ2v) is 3.45. The van der Waals surface area contributed by atoms with Crippen LogP contribution in [-0.2, 0) is 9.53 Å². The monoisotopic (exact) mass is 194 g/mol. The van der Waals surface area contributed by atoms with Crippen molar-refractivity contribution >= 4 is 5.97 Å². The van der Waals surface area contributed by atoms with Crippen LogP contribution in [0, 0.1) is 0 Å². The van der Waals surface area contributed by atoms with Gasteiger partial charge in [-0.05, 0) is 31.8 Å². The largest absolute Gasteiger partial charge is 0.458 e. The molecule has 1 saturated heterocycles. The van der Waals surface area contributed by atoms with Crippen LogP contribution in [0.15, 0.2) is 24.3 Å². The number of carbonyl (C=O) groups excluding carboxylic acids is 1. The number of rotatable bonds is 5. The van der Waals surface area contributed by atoms with E-state index in [1.54, 1.807) is 0 Å². The average Bonchev–Trinajstić information content (AvgIpc) is 2.58. The van der Waals surface area contributed by atoms with Crippen molar-refractivity contribution < 1.29 is 9.53 Å². The van der Waals surface area contributed by atoms with Crippen LogP contribution < -0.4 is 0 Å². The van der Waals surface area contributed by atoms with Gasteiger partial charge in [-0.15, -0.1) is 0 Å². The molecule has 1 rings (SSSR count). The van der Waals surface area contributed by atoms with Crippen molar-refractivity contribution in [2.24, 2.45) is 0 Å². The lowest BCUT2D eigenvalue weighted by Crippen LogP contribution is -2.01. The van der Waals surface area contributed by atoms with Crippen molar-refractivity contribution in [2.75, 3.05) is 0 Å². The molecule has 0 spiro atoms. The van der Waals surface area contributed by atoms with Crippen molar-refractivity contribution in [3.8, 4) is 0 Å². The highest BCUT2D eigenvalue weighted by Gasteiger charge is 2.19. The number of allylic oxidation sites excluding steroid dienone is 3. The lowest BCUT2D eigenvalue weighted by Gasteiger charge is -2.00. The predicted molar refractivity (Wildman–Crippen MR) is 56.9 cm³/mol. The lowest BCUT2D eigenvalue weighted by atomic mass is 10.2. The fourth-order valence-electron chi connectivity index (χ4n) is 1.41. The number of esters is 1. The van der Waals surface area contributed by atoms with Gasteiger partial charge >= 0.3 is 5.97 Å². The second-order valence-electron chi connectivity index (χ2n) is 3.45. The van der Waals surface area contributed by atoms with E-state index in [1.807, 2.05) is 6.08 Å². The van der Waals surface area contributed by atoms with Crippen molar-refractivity contribution in [1.82, 2.24) is 0 Å². The van der Waals surface area contributed by atoms with Gasteiger partial charge in [0.05, 0.1) is 0 Å². The molecule has 0 bridgehead atoms. The summed E-state index contributed by atoms with van der Waals surface area (Å²) in [6.45, 7) is 2.13. The Hall–Kier alpha value is -1.05. The minimum Gasteiger partial charge on any atom is -0.458 e. The molecule has 14 heavy (non-hydrogen) atoms. The first-order valence-corrected chi connectivity index (χ1v) is 5.34. The molecular weight excluding hydrogens is 176 g/mol.